The van der Waals surface area contributed by atoms with Gasteiger partial charge in [-0.2, -0.15) is 0 Å². The molecule has 0 aliphatic rings. The van der Waals surface area contributed by atoms with Crippen LogP contribution in [0, 0.1) is 6.92 Å². The molecule has 0 aromatic heterocycles. The molecule has 0 saturated carbocycles. The van der Waals surface area contributed by atoms with Gasteiger partial charge in [-0.3, -0.25) is 0 Å². The zero-order chi connectivity index (χ0) is 5.11. The van der Waals surface area contributed by atoms with Crippen molar-refractivity contribution in [1.82, 2.24) is 6.15 Å². The van der Waals surface area contributed by atoms with E-state index in [9.17, 15) is 0 Å². The maximum absolute atomic E-state index is 2.08. The van der Waals surface area contributed by atoms with Gasteiger partial charge >= 0.3 is 0 Å². The first kappa shape index (κ1) is 11.0. The van der Waals surface area contributed by atoms with Crippen molar-refractivity contribution in [3.63, 3.8) is 0 Å². The minimum absolute atomic E-state index is 0. The van der Waals surface area contributed by atoms with Crippen molar-refractivity contribution in [3.8, 4) is 0 Å². The smallest absolute Gasteiger partial charge is 0 e. The van der Waals surface area contributed by atoms with Crippen molar-refractivity contribution >= 4 is 0 Å². The fourth-order valence-corrected chi connectivity index (χ4v) is 0.534. The third-order valence-corrected chi connectivity index (χ3v) is 0.940. The molecule has 0 unspecified atom stereocenters. The highest BCUT2D eigenvalue weighted by Gasteiger charge is 1.72. The Hall–Kier alpha value is -0.860. The van der Waals surface area contributed by atoms with E-state index in [-0.39, 0.29) is 13.1 Å². The molecule has 1 aromatic carbocycles. The van der Waals surface area contributed by atoms with Gasteiger partial charge in [-0.25, -0.2) is 0 Å². The number of hydrogen-bond acceptors (Lipinski definition) is 1. The summed E-state index contributed by atoms with van der Waals surface area (Å²) in [6.07, 6.45) is 0. The average molecular weight is 129 g/mol. The van der Waals surface area contributed by atoms with Crippen LogP contribution in [0.15, 0.2) is 30.3 Å². The molecule has 5 N–H and O–H groups in total. The van der Waals surface area contributed by atoms with Crippen LogP contribution in [0.3, 0.4) is 0 Å². The van der Waals surface area contributed by atoms with Gasteiger partial charge in [0.15, 0.2) is 0 Å². The van der Waals surface area contributed by atoms with Gasteiger partial charge in [0.1, 0.15) is 0 Å². The summed E-state index contributed by atoms with van der Waals surface area (Å²) < 4.78 is 0. The summed E-state index contributed by atoms with van der Waals surface area (Å²) in [7, 11) is 0. The molecule has 0 atom stereocenters. The quantitative estimate of drug-likeness (QED) is 0.567. The van der Waals surface area contributed by atoms with E-state index < -0.39 is 0 Å². The molecule has 1 rings (SSSR count). The van der Waals surface area contributed by atoms with E-state index in [4.69, 9.17) is 0 Å². The summed E-state index contributed by atoms with van der Waals surface area (Å²) in [5.74, 6) is 0. The zero-order valence-electron chi connectivity index (χ0n) is 5.59. The first-order valence-corrected chi connectivity index (χ1v) is 2.41. The van der Waals surface area contributed by atoms with Crippen molar-refractivity contribution in [2.75, 3.05) is 0 Å². The normalized spacial score (nSPS) is 6.78. The second-order valence-corrected chi connectivity index (χ2v) is 1.65. The molecular formula is C7H15NO. The Morgan fingerprint density at radius 1 is 1.11 bits per heavy atom. The molecule has 54 valence electrons. The fourth-order valence-electron chi connectivity index (χ4n) is 0.534. The topological polar surface area (TPSA) is 66.5 Å². The number of aryl methyl sites for hydroxylation is 1. The zero-order valence-corrected chi connectivity index (χ0v) is 5.59. The first-order valence-electron chi connectivity index (χ1n) is 2.41. The lowest BCUT2D eigenvalue weighted by Crippen LogP contribution is -1.62. The lowest BCUT2D eigenvalue weighted by atomic mass is 10.2. The molecule has 0 saturated heterocycles. The predicted octanol–water partition coefficient (Wildman–Crippen LogP) is 1.58. The van der Waals surface area contributed by atoms with Gasteiger partial charge < -0.3 is 11.6 Å². The largest absolute Gasteiger partial charge is 0.412 e. The van der Waals surface area contributed by atoms with Gasteiger partial charge in [0.05, 0.1) is 0 Å². The third-order valence-electron chi connectivity index (χ3n) is 0.940. The van der Waals surface area contributed by atoms with Crippen LogP contribution >= 0.6 is 0 Å². The highest BCUT2D eigenvalue weighted by Crippen LogP contribution is 1.92. The molecule has 1 aromatic rings. The SMILES string of the molecule is Cc1ccccc1.N.O.[HH]. The predicted molar refractivity (Wildman–Crippen MR) is 41.9 cm³/mol. The highest BCUT2D eigenvalue weighted by atomic mass is 16.0. The van der Waals surface area contributed by atoms with Gasteiger partial charge in [-0.05, 0) is 6.92 Å². The van der Waals surface area contributed by atoms with Crippen molar-refractivity contribution in [3.05, 3.63) is 35.9 Å². The van der Waals surface area contributed by atoms with E-state index in [2.05, 4.69) is 19.1 Å². The van der Waals surface area contributed by atoms with E-state index in [1.165, 1.54) is 5.56 Å². The number of rotatable bonds is 0. The molecule has 0 amide bonds. The molecule has 0 radical (unpaired) electrons. The highest BCUT2D eigenvalue weighted by molar-refractivity contribution is 5.11. The summed E-state index contributed by atoms with van der Waals surface area (Å²) in [5, 5.41) is 0. The molecule has 0 heterocycles. The Morgan fingerprint density at radius 2 is 1.56 bits per heavy atom. The summed E-state index contributed by atoms with van der Waals surface area (Å²) in [6, 6.07) is 10.3. The summed E-state index contributed by atoms with van der Waals surface area (Å²) >= 11 is 0. The van der Waals surface area contributed by atoms with Crippen LogP contribution in [0.4, 0.5) is 0 Å². The average Bonchev–Trinajstić information content (AvgIpc) is 1.69. The second kappa shape index (κ2) is 5.28. The molecule has 0 bridgehead atoms. The van der Waals surface area contributed by atoms with Crippen molar-refractivity contribution < 1.29 is 6.90 Å². The third kappa shape index (κ3) is 3.70. The van der Waals surface area contributed by atoms with Crippen LogP contribution in [0.25, 0.3) is 0 Å². The first-order chi connectivity index (χ1) is 3.39. The molecule has 0 aliphatic carbocycles. The van der Waals surface area contributed by atoms with Crippen LogP contribution in [-0.4, -0.2) is 5.48 Å². The fraction of sp³-hybridized carbons (Fsp3) is 0.143. The van der Waals surface area contributed by atoms with Crippen molar-refractivity contribution in [2.24, 2.45) is 0 Å². The standard InChI is InChI=1S/C7H8.H3N.H2O.H2/c1-7-5-3-2-4-6-7;;;/h2-6H,1H3;1H3;1H2;1H. The Kier molecular flexibility index (Phi) is 6.46. The lowest BCUT2D eigenvalue weighted by Gasteiger charge is -1.82. The van der Waals surface area contributed by atoms with Gasteiger partial charge in [-0.1, -0.05) is 35.9 Å². The number of hydrogen-bond donors (Lipinski definition) is 1. The Balaban J connectivity index is -0.000000163. The van der Waals surface area contributed by atoms with Gasteiger partial charge in [0, 0.05) is 1.43 Å². The van der Waals surface area contributed by atoms with Gasteiger partial charge in [0.2, 0.25) is 0 Å². The van der Waals surface area contributed by atoms with Crippen molar-refractivity contribution in [1.29, 1.82) is 0 Å². The molecule has 2 nitrogen and oxygen atoms in total. The van der Waals surface area contributed by atoms with Crippen LogP contribution in [-0.2, 0) is 0 Å². The Labute approximate surface area is 56.9 Å². The molecule has 0 aliphatic heterocycles. The molecular weight excluding hydrogens is 114 g/mol. The number of benzene rings is 1. The van der Waals surface area contributed by atoms with Crippen LogP contribution in [0.5, 0.6) is 0 Å². The van der Waals surface area contributed by atoms with E-state index in [1.54, 1.807) is 0 Å². The summed E-state index contributed by atoms with van der Waals surface area (Å²) in [5.41, 5.74) is 1.32. The van der Waals surface area contributed by atoms with Crippen molar-refractivity contribution in [2.45, 2.75) is 6.92 Å². The molecule has 0 spiro atoms. The minimum atomic E-state index is 0. The minimum Gasteiger partial charge on any atom is -0.412 e. The lowest BCUT2D eigenvalue weighted by molar-refractivity contribution is 0.824. The Morgan fingerprint density at radius 3 is 1.78 bits per heavy atom. The second-order valence-electron chi connectivity index (χ2n) is 1.65. The van der Waals surface area contributed by atoms with Gasteiger partial charge in [-0.15, -0.1) is 0 Å². The monoisotopic (exact) mass is 129 g/mol. The van der Waals surface area contributed by atoms with Crippen LogP contribution in [0.2, 0.25) is 0 Å². The van der Waals surface area contributed by atoms with E-state index in [0.717, 1.165) is 0 Å². The van der Waals surface area contributed by atoms with Crippen LogP contribution in [0.1, 0.15) is 6.99 Å². The van der Waals surface area contributed by atoms with E-state index >= 15 is 0 Å². The maximum atomic E-state index is 2.08. The van der Waals surface area contributed by atoms with E-state index in [1.807, 2.05) is 18.2 Å². The summed E-state index contributed by atoms with van der Waals surface area (Å²) in [4.78, 5) is 0. The molecule has 2 heteroatoms. The molecule has 0 fully saturated rings. The molecule has 9 heavy (non-hydrogen) atoms. The van der Waals surface area contributed by atoms with Gasteiger partial charge in [0.25, 0.3) is 0 Å². The summed E-state index contributed by atoms with van der Waals surface area (Å²) in [6.45, 7) is 2.08. The van der Waals surface area contributed by atoms with E-state index in [0.29, 0.717) is 0 Å². The Bertz CT molecular complexity index is 144. The van der Waals surface area contributed by atoms with Crippen LogP contribution < -0.4 is 6.15 Å². The maximum Gasteiger partial charge on any atom is 0 e.